The second-order valence-electron chi connectivity index (χ2n) is 6.72. The van der Waals surface area contributed by atoms with Crippen molar-refractivity contribution in [1.29, 1.82) is 0 Å². The van der Waals surface area contributed by atoms with Crippen LogP contribution < -0.4 is 11.1 Å². The molecule has 2 aromatic carbocycles. The van der Waals surface area contributed by atoms with Gasteiger partial charge in [0.05, 0.1) is 5.52 Å². The van der Waals surface area contributed by atoms with E-state index in [1.165, 1.54) is 30.3 Å². The number of rotatable bonds is 4. The van der Waals surface area contributed by atoms with Gasteiger partial charge in [-0.15, -0.1) is 0 Å². The van der Waals surface area contributed by atoms with Gasteiger partial charge in [0.1, 0.15) is 17.5 Å². The predicted molar refractivity (Wildman–Crippen MR) is 103 cm³/mol. The maximum atomic E-state index is 14.0. The molecule has 4 rings (SSSR count). The molecule has 5 nitrogen and oxygen atoms in total. The first-order valence-corrected chi connectivity index (χ1v) is 9.15. The van der Waals surface area contributed by atoms with Crippen LogP contribution in [0, 0.1) is 17.5 Å². The zero-order chi connectivity index (χ0) is 21.0. The molecule has 1 aliphatic heterocycles. The van der Waals surface area contributed by atoms with Gasteiger partial charge < -0.3 is 16.0 Å². The van der Waals surface area contributed by atoms with E-state index in [1.54, 1.807) is 0 Å². The van der Waals surface area contributed by atoms with Crippen molar-refractivity contribution in [2.45, 2.75) is 25.7 Å². The van der Waals surface area contributed by atoms with Crippen LogP contribution in [0.3, 0.4) is 0 Å². The smallest absolute Gasteiger partial charge is 0.220 e. The molecule has 1 fully saturated rings. The van der Waals surface area contributed by atoms with Crippen molar-refractivity contribution in [3.8, 4) is 11.3 Å². The van der Waals surface area contributed by atoms with Crippen molar-refractivity contribution in [3.63, 3.8) is 0 Å². The summed E-state index contributed by atoms with van der Waals surface area (Å²) in [5, 5.41) is 3.03. The molecule has 0 aliphatic carbocycles. The van der Waals surface area contributed by atoms with Crippen LogP contribution in [0.25, 0.3) is 22.2 Å². The van der Waals surface area contributed by atoms with E-state index in [9.17, 15) is 22.8 Å². The van der Waals surface area contributed by atoms with E-state index in [0.29, 0.717) is 22.2 Å². The van der Waals surface area contributed by atoms with Gasteiger partial charge in [-0.05, 0) is 54.3 Å². The first kappa shape index (κ1) is 20.4. The summed E-state index contributed by atoms with van der Waals surface area (Å²) in [6, 6.07) is 7.60. The first-order chi connectivity index (χ1) is 13.8. The minimum Gasteiger partial charge on any atom is -0.370 e. The third kappa shape index (κ3) is 4.96. The van der Waals surface area contributed by atoms with Crippen molar-refractivity contribution in [1.82, 2.24) is 10.3 Å². The zero-order valence-corrected chi connectivity index (χ0v) is 15.5. The minimum atomic E-state index is -0.728. The number of carbonyl (C=O) groups is 2. The molecule has 3 aromatic rings. The summed E-state index contributed by atoms with van der Waals surface area (Å²) >= 11 is 0. The normalized spacial score (nSPS) is 13.1. The lowest BCUT2D eigenvalue weighted by atomic mass is 10.0. The molecular formula is C21H20F3N3O2. The van der Waals surface area contributed by atoms with Crippen LogP contribution in [0.4, 0.5) is 13.2 Å². The molecule has 152 valence electrons. The van der Waals surface area contributed by atoms with E-state index in [4.69, 9.17) is 5.73 Å². The second-order valence-corrected chi connectivity index (χ2v) is 6.72. The van der Waals surface area contributed by atoms with Gasteiger partial charge in [0, 0.05) is 36.5 Å². The highest BCUT2D eigenvalue weighted by molar-refractivity contribution is 5.91. The predicted octanol–water partition coefficient (Wildman–Crippen LogP) is 3.57. The molecular weight excluding hydrogens is 383 g/mol. The monoisotopic (exact) mass is 403 g/mol. The van der Waals surface area contributed by atoms with Crippen molar-refractivity contribution in [2.24, 2.45) is 5.73 Å². The van der Waals surface area contributed by atoms with Gasteiger partial charge in [-0.25, -0.2) is 13.2 Å². The highest BCUT2D eigenvalue weighted by Gasteiger charge is 2.17. The summed E-state index contributed by atoms with van der Waals surface area (Å²) in [5.74, 6) is -2.15. The summed E-state index contributed by atoms with van der Waals surface area (Å²) in [5.41, 5.74) is 7.02. The third-order valence-corrected chi connectivity index (χ3v) is 4.59. The fraction of sp³-hybridized carbons (Fsp3) is 0.238. The number of aromatic nitrogens is 1. The lowest BCUT2D eigenvalue weighted by Gasteiger charge is -2.04. The summed E-state index contributed by atoms with van der Waals surface area (Å²) in [7, 11) is 0. The number of hydrogen-bond donors (Lipinski definition) is 3. The molecule has 8 heteroatoms. The molecule has 0 spiro atoms. The summed E-state index contributed by atoms with van der Waals surface area (Å²) in [4.78, 5) is 24.1. The average Bonchev–Trinajstić information content (AvgIpc) is 3.28. The van der Waals surface area contributed by atoms with E-state index >= 15 is 0 Å². The van der Waals surface area contributed by atoms with Crippen molar-refractivity contribution >= 4 is 22.7 Å². The van der Waals surface area contributed by atoms with Gasteiger partial charge >= 0.3 is 0 Å². The summed E-state index contributed by atoms with van der Waals surface area (Å²) < 4.78 is 40.6. The fourth-order valence-corrected chi connectivity index (χ4v) is 3.21. The number of nitrogens with two attached hydrogens (primary N) is 1. The van der Waals surface area contributed by atoms with E-state index in [2.05, 4.69) is 10.3 Å². The first-order valence-electron chi connectivity index (χ1n) is 9.15. The molecule has 0 atom stereocenters. The molecule has 0 bridgehead atoms. The van der Waals surface area contributed by atoms with Crippen molar-refractivity contribution in [2.75, 3.05) is 6.54 Å². The SMILES string of the molecule is NC(=O)CCc1c(-c2ccc(F)cc2)[nH]c2c(F)cc(F)cc12.O=C1CCCN1. The van der Waals surface area contributed by atoms with Crippen LogP contribution in [-0.4, -0.2) is 23.3 Å². The number of fused-ring (bicyclic) bond motifs is 1. The number of amides is 2. The lowest BCUT2D eigenvalue weighted by molar-refractivity contribution is -0.119. The highest BCUT2D eigenvalue weighted by atomic mass is 19.1. The van der Waals surface area contributed by atoms with Crippen LogP contribution in [0.1, 0.15) is 24.8 Å². The molecule has 1 saturated heterocycles. The molecule has 29 heavy (non-hydrogen) atoms. The number of nitrogens with one attached hydrogen (secondary N) is 2. The highest BCUT2D eigenvalue weighted by Crippen LogP contribution is 2.33. The van der Waals surface area contributed by atoms with Gasteiger partial charge in [0.2, 0.25) is 11.8 Å². The number of aryl methyl sites for hydroxylation is 1. The Morgan fingerprint density at radius 1 is 1.07 bits per heavy atom. The number of primary amides is 1. The molecule has 0 unspecified atom stereocenters. The standard InChI is InChI=1S/C17H13F3N2O.C4H7NO/c18-10-3-1-9(2-4-10)16-12(5-6-15(21)23)13-7-11(19)8-14(20)17(13)22-16;6-4-2-1-3-5-4/h1-4,7-8,22H,5-6H2,(H2,21,23);1-3H2,(H,5,6). The Labute approximate surface area is 165 Å². The average molecular weight is 403 g/mol. The largest absolute Gasteiger partial charge is 0.370 e. The van der Waals surface area contributed by atoms with Gasteiger partial charge in [-0.2, -0.15) is 0 Å². The molecule has 4 N–H and O–H groups in total. The van der Waals surface area contributed by atoms with Crippen molar-refractivity contribution < 1.29 is 22.8 Å². The number of carbonyl (C=O) groups excluding carboxylic acids is 2. The molecule has 0 saturated carbocycles. The quantitative estimate of drug-likeness (QED) is 0.622. The molecule has 2 amide bonds. The van der Waals surface area contributed by atoms with Gasteiger partial charge in [-0.1, -0.05) is 0 Å². The third-order valence-electron chi connectivity index (χ3n) is 4.59. The Bertz CT molecular complexity index is 1040. The Balaban J connectivity index is 0.000000343. The van der Waals surface area contributed by atoms with Gasteiger partial charge in [0.25, 0.3) is 0 Å². The minimum absolute atomic E-state index is 0.0410. The number of aromatic amines is 1. The van der Waals surface area contributed by atoms with Crippen molar-refractivity contribution in [3.05, 3.63) is 59.4 Å². The van der Waals surface area contributed by atoms with Crippen LogP contribution in [0.15, 0.2) is 36.4 Å². The fourth-order valence-electron chi connectivity index (χ4n) is 3.21. The molecule has 1 aromatic heterocycles. The summed E-state index contributed by atoms with van der Waals surface area (Å²) in [6.07, 6.45) is 2.03. The molecule has 2 heterocycles. The van der Waals surface area contributed by atoms with Crippen LogP contribution in [0.5, 0.6) is 0 Å². The zero-order valence-electron chi connectivity index (χ0n) is 15.5. The Morgan fingerprint density at radius 2 is 1.79 bits per heavy atom. The number of hydrogen-bond acceptors (Lipinski definition) is 2. The van der Waals surface area contributed by atoms with E-state index in [0.717, 1.165) is 25.5 Å². The van der Waals surface area contributed by atoms with E-state index < -0.39 is 23.4 Å². The maximum absolute atomic E-state index is 14.0. The maximum Gasteiger partial charge on any atom is 0.220 e. The number of benzene rings is 2. The van der Waals surface area contributed by atoms with Gasteiger partial charge in [-0.3, -0.25) is 9.59 Å². The summed E-state index contributed by atoms with van der Waals surface area (Å²) in [6.45, 7) is 0.888. The Kier molecular flexibility index (Phi) is 6.21. The van der Waals surface area contributed by atoms with E-state index in [1.807, 2.05) is 0 Å². The molecule has 1 aliphatic rings. The number of halogens is 3. The Hall–Kier alpha value is -3.29. The van der Waals surface area contributed by atoms with Gasteiger partial charge in [0.15, 0.2) is 0 Å². The van der Waals surface area contributed by atoms with E-state index in [-0.39, 0.29) is 24.3 Å². The van der Waals surface area contributed by atoms with Crippen LogP contribution in [-0.2, 0) is 16.0 Å². The topological polar surface area (TPSA) is 88.0 Å². The number of H-pyrrole nitrogens is 1. The van der Waals surface area contributed by atoms with Crippen LogP contribution in [0.2, 0.25) is 0 Å². The van der Waals surface area contributed by atoms with Crippen LogP contribution >= 0.6 is 0 Å². The lowest BCUT2D eigenvalue weighted by Crippen LogP contribution is -2.12. The Morgan fingerprint density at radius 3 is 2.34 bits per heavy atom. The molecule has 0 radical (unpaired) electrons. The second kappa shape index (κ2) is 8.81.